The third kappa shape index (κ3) is 6.99. The molecule has 14 nitrogen and oxygen atoms in total. The van der Waals surface area contributed by atoms with Crippen molar-refractivity contribution in [3.05, 3.63) is 48.0 Å². The van der Waals surface area contributed by atoms with Crippen molar-refractivity contribution >= 4 is 29.7 Å². The van der Waals surface area contributed by atoms with Crippen LogP contribution in [0.25, 0.3) is 0 Å². The van der Waals surface area contributed by atoms with Gasteiger partial charge in [0.2, 0.25) is 17.7 Å². The summed E-state index contributed by atoms with van der Waals surface area (Å²) in [6, 6.07) is 4.06. The molecule has 6 N–H and O–H groups in total. The number of rotatable bonds is 6. The number of para-hydroxylation sites is 1. The van der Waals surface area contributed by atoms with Crippen LogP contribution in [0.2, 0.25) is 0 Å². The lowest BCUT2D eigenvalue weighted by Crippen LogP contribution is -2.53. The fraction of sp³-hybridized carbons (Fsp3) is 0.417. The van der Waals surface area contributed by atoms with Gasteiger partial charge in [0.15, 0.2) is 0 Å². The highest BCUT2D eigenvalue weighted by molar-refractivity contribution is 6.01. The highest BCUT2D eigenvalue weighted by atomic mass is 16.5. The summed E-state index contributed by atoms with van der Waals surface area (Å²) in [5, 5.41) is 13.3. The van der Waals surface area contributed by atoms with E-state index >= 15 is 0 Å². The van der Waals surface area contributed by atoms with Crippen molar-refractivity contribution in [3.8, 4) is 5.75 Å². The van der Waals surface area contributed by atoms with Crippen LogP contribution in [0.15, 0.2) is 36.8 Å². The first-order chi connectivity index (χ1) is 18.4. The molecule has 202 valence electrons. The lowest BCUT2D eigenvalue weighted by molar-refractivity contribution is -0.131. The monoisotopic (exact) mass is 526 g/mol. The predicted molar refractivity (Wildman–Crippen MR) is 133 cm³/mol. The number of aromatic nitrogens is 2. The second-order valence-electron chi connectivity index (χ2n) is 8.78. The smallest absolute Gasteiger partial charge is 0.317 e. The Hall–Kier alpha value is -4.62. The summed E-state index contributed by atoms with van der Waals surface area (Å²) in [6.07, 6.45) is 2.73. The highest BCUT2D eigenvalue weighted by Crippen LogP contribution is 2.18. The number of benzene rings is 1. The molecule has 0 aliphatic carbocycles. The lowest BCUT2D eigenvalue weighted by Gasteiger charge is -2.23. The molecule has 2 aliphatic heterocycles. The number of H-pyrrole nitrogens is 1. The second kappa shape index (κ2) is 12.6. The fourth-order valence-electron chi connectivity index (χ4n) is 4.11. The lowest BCUT2D eigenvalue weighted by atomic mass is 10.1. The summed E-state index contributed by atoms with van der Waals surface area (Å²) in [6.45, 7) is 1.67. The third-order valence-corrected chi connectivity index (χ3v) is 6.06. The molecule has 2 aromatic rings. The molecule has 14 heteroatoms. The summed E-state index contributed by atoms with van der Waals surface area (Å²) in [5.74, 6) is -1.97. The van der Waals surface area contributed by atoms with Gasteiger partial charge in [0, 0.05) is 44.5 Å². The molecule has 1 saturated heterocycles. The number of nitrogens with one attached hydrogen (secondary N) is 6. The fourth-order valence-corrected chi connectivity index (χ4v) is 4.11. The van der Waals surface area contributed by atoms with E-state index in [4.69, 9.17) is 4.74 Å². The molecule has 4 rings (SSSR count). The average molecular weight is 527 g/mol. The summed E-state index contributed by atoms with van der Waals surface area (Å²) in [4.78, 5) is 72.1. The van der Waals surface area contributed by atoms with Crippen LogP contribution in [0.3, 0.4) is 0 Å². The van der Waals surface area contributed by atoms with Crippen LogP contribution in [0.4, 0.5) is 4.79 Å². The maximum atomic E-state index is 13.1. The van der Waals surface area contributed by atoms with E-state index in [2.05, 4.69) is 36.6 Å². The Labute approximate surface area is 218 Å². The number of ether oxygens (including phenoxy) is 1. The summed E-state index contributed by atoms with van der Waals surface area (Å²) >= 11 is 0. The highest BCUT2D eigenvalue weighted by Gasteiger charge is 2.29. The Morgan fingerprint density at radius 2 is 1.95 bits per heavy atom. The van der Waals surface area contributed by atoms with Crippen LogP contribution in [-0.4, -0.2) is 95.9 Å². The van der Waals surface area contributed by atoms with Crippen LogP contribution in [0, 0.1) is 0 Å². The van der Waals surface area contributed by atoms with Gasteiger partial charge in [0.05, 0.1) is 24.9 Å². The number of urea groups is 1. The standard InChI is InChI=1S/C24H30N8O6/c33-20-12-18(23(36)26-5-8-32-9-6-28-24(32)37)31-21(34)16-3-1-2-4-19(16)38-10-7-27-22(35)17(30-20)11-15-13-25-14-29-15/h1-4,13-14,17-18H,5-12H2,(H,25,29)(H,26,36)(H,27,35)(H,28,37)(H,30,33)(H,31,34)/t17-,18-/m0/s1. The first kappa shape index (κ1) is 26.4. The van der Waals surface area contributed by atoms with E-state index in [9.17, 15) is 24.0 Å². The molecule has 2 aliphatic rings. The summed E-state index contributed by atoms with van der Waals surface area (Å²) in [7, 11) is 0. The van der Waals surface area contributed by atoms with E-state index in [-0.39, 0.29) is 50.0 Å². The van der Waals surface area contributed by atoms with Crippen LogP contribution < -0.4 is 31.3 Å². The zero-order valence-corrected chi connectivity index (χ0v) is 20.6. The maximum absolute atomic E-state index is 13.1. The van der Waals surface area contributed by atoms with Crippen LogP contribution in [0.1, 0.15) is 22.5 Å². The van der Waals surface area contributed by atoms with Crippen molar-refractivity contribution in [1.29, 1.82) is 0 Å². The van der Waals surface area contributed by atoms with E-state index < -0.39 is 42.1 Å². The quantitative estimate of drug-likeness (QED) is 0.258. The number of amides is 6. The normalized spacial score (nSPS) is 20.7. The number of hydrogen-bond donors (Lipinski definition) is 6. The van der Waals surface area contributed by atoms with Crippen molar-refractivity contribution in [3.63, 3.8) is 0 Å². The molecule has 1 aromatic heterocycles. The number of aromatic amines is 1. The minimum atomic E-state index is -1.25. The molecule has 0 spiro atoms. The first-order valence-corrected chi connectivity index (χ1v) is 12.3. The molecule has 0 saturated carbocycles. The molecule has 1 fully saturated rings. The number of nitrogens with zero attached hydrogens (tertiary/aromatic N) is 2. The van der Waals surface area contributed by atoms with Crippen LogP contribution in [-0.2, 0) is 20.8 Å². The number of hydrogen-bond acceptors (Lipinski definition) is 7. The van der Waals surface area contributed by atoms with E-state index in [0.717, 1.165) is 0 Å². The zero-order chi connectivity index (χ0) is 26.9. The molecule has 0 unspecified atom stereocenters. The average Bonchev–Trinajstić information content (AvgIpc) is 3.57. The van der Waals surface area contributed by atoms with Crippen molar-refractivity contribution in [2.24, 2.45) is 0 Å². The Kier molecular flexibility index (Phi) is 8.74. The zero-order valence-electron chi connectivity index (χ0n) is 20.6. The topological polar surface area (TPSA) is 187 Å². The molecular weight excluding hydrogens is 496 g/mol. The first-order valence-electron chi connectivity index (χ1n) is 12.3. The molecule has 3 heterocycles. The SMILES string of the molecule is O=C1C[C@@H](C(=O)NCCN2CCNC2=O)NC(=O)c2ccccc2OCCNC(=O)[C@H](Cc2cnc[nH]2)N1. The van der Waals surface area contributed by atoms with Crippen molar-refractivity contribution in [2.75, 3.05) is 39.3 Å². The van der Waals surface area contributed by atoms with Gasteiger partial charge in [-0.2, -0.15) is 0 Å². The predicted octanol–water partition coefficient (Wildman–Crippen LogP) is -1.72. The van der Waals surface area contributed by atoms with Gasteiger partial charge in [-0.25, -0.2) is 9.78 Å². The number of fused-ring (bicyclic) bond motifs is 1. The molecule has 2 atom stereocenters. The van der Waals surface area contributed by atoms with Gasteiger partial charge in [0.25, 0.3) is 5.91 Å². The Balaban J connectivity index is 1.51. The van der Waals surface area contributed by atoms with Crippen LogP contribution in [0.5, 0.6) is 5.75 Å². The number of carbonyl (C=O) groups is 5. The maximum Gasteiger partial charge on any atom is 0.317 e. The van der Waals surface area contributed by atoms with Gasteiger partial charge in [-0.1, -0.05) is 12.1 Å². The molecule has 1 aromatic carbocycles. The van der Waals surface area contributed by atoms with E-state index in [1.807, 2.05) is 0 Å². The Morgan fingerprint density at radius 3 is 2.71 bits per heavy atom. The molecule has 6 amide bonds. The molecular formula is C24H30N8O6. The van der Waals surface area contributed by atoms with Gasteiger partial charge in [-0.15, -0.1) is 0 Å². The van der Waals surface area contributed by atoms with E-state index in [1.54, 1.807) is 29.3 Å². The minimum absolute atomic E-state index is 0.0781. The second-order valence-corrected chi connectivity index (χ2v) is 8.78. The van der Waals surface area contributed by atoms with Crippen molar-refractivity contribution < 1.29 is 28.7 Å². The van der Waals surface area contributed by atoms with Gasteiger partial charge in [0.1, 0.15) is 24.4 Å². The van der Waals surface area contributed by atoms with Crippen molar-refractivity contribution in [1.82, 2.24) is 41.5 Å². The Bertz CT molecular complexity index is 1170. The summed E-state index contributed by atoms with van der Waals surface area (Å²) in [5.41, 5.74) is 0.810. The number of imidazole rings is 1. The summed E-state index contributed by atoms with van der Waals surface area (Å²) < 4.78 is 5.72. The minimum Gasteiger partial charge on any atom is -0.491 e. The van der Waals surface area contributed by atoms with Gasteiger partial charge in [-0.3, -0.25) is 19.2 Å². The Morgan fingerprint density at radius 1 is 1.11 bits per heavy atom. The molecule has 0 bridgehead atoms. The van der Waals surface area contributed by atoms with Gasteiger partial charge >= 0.3 is 6.03 Å². The van der Waals surface area contributed by atoms with E-state index in [0.29, 0.717) is 18.8 Å². The van der Waals surface area contributed by atoms with Crippen molar-refractivity contribution in [2.45, 2.75) is 24.9 Å². The number of carbonyl (C=O) groups excluding carboxylic acids is 5. The largest absolute Gasteiger partial charge is 0.491 e. The van der Waals surface area contributed by atoms with Gasteiger partial charge in [-0.05, 0) is 12.1 Å². The third-order valence-electron chi connectivity index (χ3n) is 6.06. The van der Waals surface area contributed by atoms with Gasteiger partial charge < -0.3 is 41.2 Å². The van der Waals surface area contributed by atoms with Crippen LogP contribution >= 0.6 is 0 Å². The van der Waals surface area contributed by atoms with E-state index in [1.165, 1.54) is 12.4 Å². The molecule has 0 radical (unpaired) electrons. The molecule has 38 heavy (non-hydrogen) atoms.